The summed E-state index contributed by atoms with van der Waals surface area (Å²) >= 11 is 0. The van der Waals surface area contributed by atoms with Gasteiger partial charge in [-0.2, -0.15) is 0 Å². The van der Waals surface area contributed by atoms with E-state index in [2.05, 4.69) is 0 Å². The zero-order valence-electron chi connectivity index (χ0n) is 8.16. The highest BCUT2D eigenvalue weighted by Crippen LogP contribution is 2.06. The first-order valence-corrected chi connectivity index (χ1v) is 4.62. The molecule has 3 heteroatoms. The topological polar surface area (TPSA) is 43.1 Å². The fourth-order valence-electron chi connectivity index (χ4n) is 1.19. The number of ketones is 1. The van der Waals surface area contributed by atoms with Crippen molar-refractivity contribution in [3.8, 4) is 0 Å². The van der Waals surface area contributed by atoms with Gasteiger partial charge in [-0.1, -0.05) is 12.1 Å². The van der Waals surface area contributed by atoms with E-state index in [1.165, 1.54) is 12.1 Å². The molecule has 1 aromatic carbocycles. The largest absolute Gasteiger partial charge is 0.322 e. The molecule has 1 atom stereocenters. The molecule has 0 amide bonds. The molecule has 0 aliphatic rings. The average Bonchev–Trinajstić information content (AvgIpc) is 2.14. The van der Waals surface area contributed by atoms with E-state index in [4.69, 9.17) is 5.73 Å². The fraction of sp³-hybridized carbons (Fsp3) is 0.364. The summed E-state index contributed by atoms with van der Waals surface area (Å²) in [5.41, 5.74) is 6.24. The Morgan fingerprint density at radius 3 is 2.86 bits per heavy atom. The van der Waals surface area contributed by atoms with Gasteiger partial charge in [-0.25, -0.2) is 4.39 Å². The van der Waals surface area contributed by atoms with Crippen LogP contribution in [0.15, 0.2) is 24.3 Å². The Hall–Kier alpha value is -1.22. The third-order valence-corrected chi connectivity index (χ3v) is 2.06. The van der Waals surface area contributed by atoms with Crippen LogP contribution in [0.5, 0.6) is 0 Å². The van der Waals surface area contributed by atoms with Crippen LogP contribution in [0.1, 0.15) is 18.9 Å². The maximum atomic E-state index is 12.7. The van der Waals surface area contributed by atoms with E-state index in [1.807, 2.05) is 0 Å². The van der Waals surface area contributed by atoms with Crippen molar-refractivity contribution < 1.29 is 9.18 Å². The number of benzene rings is 1. The van der Waals surface area contributed by atoms with Gasteiger partial charge in [0.05, 0.1) is 6.04 Å². The van der Waals surface area contributed by atoms with Crippen molar-refractivity contribution in [2.75, 3.05) is 0 Å². The van der Waals surface area contributed by atoms with Crippen LogP contribution in [0.4, 0.5) is 4.39 Å². The molecule has 0 saturated heterocycles. The summed E-state index contributed by atoms with van der Waals surface area (Å²) in [6, 6.07) is 5.84. The van der Waals surface area contributed by atoms with Crippen LogP contribution >= 0.6 is 0 Å². The van der Waals surface area contributed by atoms with Crippen molar-refractivity contribution in [2.24, 2.45) is 5.73 Å². The zero-order valence-corrected chi connectivity index (χ0v) is 8.16. The summed E-state index contributed by atoms with van der Waals surface area (Å²) in [5, 5.41) is 0. The second kappa shape index (κ2) is 4.86. The zero-order chi connectivity index (χ0) is 10.6. The van der Waals surface area contributed by atoms with Crippen LogP contribution in [0, 0.1) is 5.82 Å². The normalized spacial score (nSPS) is 12.5. The SMILES string of the molecule is CC(N)C(=O)CCc1cccc(F)c1. The van der Waals surface area contributed by atoms with Gasteiger partial charge in [0.2, 0.25) is 0 Å². The average molecular weight is 195 g/mol. The molecule has 0 bridgehead atoms. The van der Waals surface area contributed by atoms with E-state index >= 15 is 0 Å². The molecular formula is C11H14FNO. The second-order valence-electron chi connectivity index (χ2n) is 3.38. The molecule has 2 N–H and O–H groups in total. The number of hydrogen-bond acceptors (Lipinski definition) is 2. The van der Waals surface area contributed by atoms with Crippen LogP contribution in [0.3, 0.4) is 0 Å². The predicted molar refractivity (Wildman–Crippen MR) is 53.4 cm³/mol. The van der Waals surface area contributed by atoms with Crippen molar-refractivity contribution in [1.82, 2.24) is 0 Å². The Kier molecular flexibility index (Phi) is 3.77. The van der Waals surface area contributed by atoms with Gasteiger partial charge in [-0.15, -0.1) is 0 Å². The summed E-state index contributed by atoms with van der Waals surface area (Å²) in [5.74, 6) is -0.259. The second-order valence-corrected chi connectivity index (χ2v) is 3.38. The maximum absolute atomic E-state index is 12.7. The lowest BCUT2D eigenvalue weighted by molar-refractivity contribution is -0.119. The van der Waals surface area contributed by atoms with Gasteiger partial charge in [0.25, 0.3) is 0 Å². The summed E-state index contributed by atoms with van der Waals surface area (Å²) in [6.07, 6.45) is 0.930. The van der Waals surface area contributed by atoms with Crippen LogP contribution < -0.4 is 5.73 Å². The van der Waals surface area contributed by atoms with Crippen LogP contribution in [-0.2, 0) is 11.2 Å². The molecule has 2 nitrogen and oxygen atoms in total. The standard InChI is InChI=1S/C11H14FNO/c1-8(13)11(14)6-5-9-3-2-4-10(12)7-9/h2-4,7-8H,5-6,13H2,1H3. The Bertz CT molecular complexity index is 323. The van der Waals surface area contributed by atoms with Crippen molar-refractivity contribution in [3.63, 3.8) is 0 Å². The van der Waals surface area contributed by atoms with E-state index in [9.17, 15) is 9.18 Å². The molecule has 0 spiro atoms. The molecule has 1 rings (SSSR count). The van der Waals surface area contributed by atoms with Crippen molar-refractivity contribution >= 4 is 5.78 Å². The van der Waals surface area contributed by atoms with E-state index in [-0.39, 0.29) is 11.6 Å². The first-order valence-electron chi connectivity index (χ1n) is 4.62. The minimum atomic E-state index is -0.427. The highest BCUT2D eigenvalue weighted by atomic mass is 19.1. The molecule has 0 fully saturated rings. The van der Waals surface area contributed by atoms with E-state index in [1.54, 1.807) is 19.1 Å². The number of aryl methyl sites for hydroxylation is 1. The number of Topliss-reactive ketones (excluding diaryl/α,β-unsaturated/α-hetero) is 1. The van der Waals surface area contributed by atoms with Crippen molar-refractivity contribution in [1.29, 1.82) is 0 Å². The van der Waals surface area contributed by atoms with E-state index in [0.29, 0.717) is 12.8 Å². The van der Waals surface area contributed by atoms with Gasteiger partial charge >= 0.3 is 0 Å². The molecule has 0 heterocycles. The van der Waals surface area contributed by atoms with Gasteiger partial charge in [0, 0.05) is 6.42 Å². The fourth-order valence-corrected chi connectivity index (χ4v) is 1.19. The Balaban J connectivity index is 2.50. The summed E-state index contributed by atoms with van der Waals surface area (Å²) < 4.78 is 12.7. The van der Waals surface area contributed by atoms with Gasteiger partial charge in [-0.05, 0) is 31.0 Å². The lowest BCUT2D eigenvalue weighted by atomic mass is 10.0. The molecule has 0 aromatic heterocycles. The number of hydrogen-bond donors (Lipinski definition) is 1. The third-order valence-electron chi connectivity index (χ3n) is 2.06. The van der Waals surface area contributed by atoms with Crippen LogP contribution in [0.25, 0.3) is 0 Å². The molecule has 76 valence electrons. The predicted octanol–water partition coefficient (Wildman–Crippen LogP) is 1.67. The Labute approximate surface area is 82.9 Å². The number of rotatable bonds is 4. The van der Waals surface area contributed by atoms with Gasteiger partial charge in [0.1, 0.15) is 11.6 Å². The lowest BCUT2D eigenvalue weighted by Crippen LogP contribution is -2.26. The Morgan fingerprint density at radius 1 is 1.57 bits per heavy atom. The summed E-state index contributed by atoms with van der Waals surface area (Å²) in [7, 11) is 0. The van der Waals surface area contributed by atoms with E-state index in [0.717, 1.165) is 5.56 Å². The molecule has 1 unspecified atom stereocenters. The minimum Gasteiger partial charge on any atom is -0.322 e. The first kappa shape index (κ1) is 10.9. The summed E-state index contributed by atoms with van der Waals surface area (Å²) in [6.45, 7) is 1.66. The molecule has 14 heavy (non-hydrogen) atoms. The molecule has 0 saturated carbocycles. The van der Waals surface area contributed by atoms with Crippen molar-refractivity contribution in [3.05, 3.63) is 35.6 Å². The number of carbonyl (C=O) groups excluding carboxylic acids is 1. The molecule has 0 aliphatic heterocycles. The molecule has 1 aromatic rings. The van der Waals surface area contributed by atoms with Crippen LogP contribution in [0.2, 0.25) is 0 Å². The number of nitrogens with two attached hydrogens (primary N) is 1. The molecule has 0 radical (unpaired) electrons. The smallest absolute Gasteiger partial charge is 0.149 e. The molecule has 0 aliphatic carbocycles. The monoisotopic (exact) mass is 195 g/mol. The number of halogens is 1. The van der Waals surface area contributed by atoms with Gasteiger partial charge in [0.15, 0.2) is 0 Å². The van der Waals surface area contributed by atoms with E-state index < -0.39 is 6.04 Å². The van der Waals surface area contributed by atoms with Crippen LogP contribution in [-0.4, -0.2) is 11.8 Å². The quantitative estimate of drug-likeness (QED) is 0.794. The number of carbonyl (C=O) groups is 1. The van der Waals surface area contributed by atoms with Crippen molar-refractivity contribution in [2.45, 2.75) is 25.8 Å². The highest BCUT2D eigenvalue weighted by Gasteiger charge is 2.07. The van der Waals surface area contributed by atoms with Gasteiger partial charge in [-0.3, -0.25) is 4.79 Å². The highest BCUT2D eigenvalue weighted by molar-refractivity contribution is 5.83. The summed E-state index contributed by atoms with van der Waals surface area (Å²) in [4.78, 5) is 11.2. The van der Waals surface area contributed by atoms with Gasteiger partial charge < -0.3 is 5.73 Å². The lowest BCUT2D eigenvalue weighted by Gasteiger charge is -2.04. The minimum absolute atomic E-state index is 0.00858. The molecular weight excluding hydrogens is 181 g/mol. The third kappa shape index (κ3) is 3.26. The maximum Gasteiger partial charge on any atom is 0.149 e. The Morgan fingerprint density at radius 2 is 2.29 bits per heavy atom. The first-order chi connectivity index (χ1) is 6.59.